The summed E-state index contributed by atoms with van der Waals surface area (Å²) in [5.74, 6) is -4.09. The normalized spacial score (nSPS) is 14.8. The van der Waals surface area contributed by atoms with Crippen molar-refractivity contribution in [3.05, 3.63) is 29.8 Å². The van der Waals surface area contributed by atoms with Crippen LogP contribution in [0, 0.1) is 11.8 Å². The summed E-state index contributed by atoms with van der Waals surface area (Å²) in [6.45, 7) is 9.43. The summed E-state index contributed by atoms with van der Waals surface area (Å²) in [4.78, 5) is 79.1. The SMILES string of the molecule is CC(C)C[C@H](NC(=O)[C@H](Cc1ccc(O)cc1)NC(=O)[C@H](CCCCN)NC(=O)[C@H](CCCCN)NC(=O)[C@@H](NC(=O)[C@H](C)N)C(C)C)C(N)=O. The van der Waals surface area contributed by atoms with Crippen LogP contribution in [0.4, 0.5) is 0 Å². The second-order valence-corrected chi connectivity index (χ2v) is 13.7. The summed E-state index contributed by atoms with van der Waals surface area (Å²) in [6.07, 6.45) is 2.73. The molecular formula is C35H61N9O7. The number of hydrogen-bond donors (Lipinski definition) is 10. The van der Waals surface area contributed by atoms with Crippen LogP contribution < -0.4 is 49.5 Å². The minimum Gasteiger partial charge on any atom is -0.508 e. The van der Waals surface area contributed by atoms with Gasteiger partial charge in [0.2, 0.25) is 35.4 Å². The topological polar surface area (TPSA) is 287 Å². The van der Waals surface area contributed by atoms with E-state index in [0.717, 1.165) is 0 Å². The van der Waals surface area contributed by atoms with Crippen molar-refractivity contribution in [3.63, 3.8) is 0 Å². The highest BCUT2D eigenvalue weighted by Crippen LogP contribution is 2.14. The maximum atomic E-state index is 13.9. The zero-order chi connectivity index (χ0) is 38.7. The maximum Gasteiger partial charge on any atom is 0.243 e. The highest BCUT2D eigenvalue weighted by atomic mass is 16.3. The molecule has 0 heterocycles. The van der Waals surface area contributed by atoms with Gasteiger partial charge in [0, 0.05) is 6.42 Å². The number of unbranched alkanes of at least 4 members (excludes halogenated alkanes) is 2. The van der Waals surface area contributed by atoms with Crippen molar-refractivity contribution in [2.24, 2.45) is 34.8 Å². The number of carbonyl (C=O) groups is 6. The van der Waals surface area contributed by atoms with Gasteiger partial charge in [-0.2, -0.15) is 0 Å². The molecule has 0 bridgehead atoms. The van der Waals surface area contributed by atoms with Crippen LogP contribution in [-0.4, -0.2) is 89.9 Å². The molecule has 6 atom stereocenters. The molecule has 16 nitrogen and oxygen atoms in total. The smallest absolute Gasteiger partial charge is 0.243 e. The number of carbonyl (C=O) groups excluding carboxylic acids is 6. The van der Waals surface area contributed by atoms with E-state index in [1.165, 1.54) is 19.1 Å². The third kappa shape index (κ3) is 17.0. The van der Waals surface area contributed by atoms with Crippen LogP contribution in [0.1, 0.15) is 85.1 Å². The van der Waals surface area contributed by atoms with E-state index in [1.54, 1.807) is 26.0 Å². The Morgan fingerprint density at radius 2 is 1.08 bits per heavy atom. The molecule has 14 N–H and O–H groups in total. The first-order valence-electron chi connectivity index (χ1n) is 17.7. The van der Waals surface area contributed by atoms with Crippen LogP contribution in [0.3, 0.4) is 0 Å². The molecule has 1 aromatic carbocycles. The molecule has 0 aliphatic heterocycles. The molecule has 288 valence electrons. The summed E-state index contributed by atoms with van der Waals surface area (Å²) in [5, 5.41) is 23.2. The highest BCUT2D eigenvalue weighted by molar-refractivity contribution is 5.96. The van der Waals surface area contributed by atoms with E-state index < -0.39 is 71.7 Å². The van der Waals surface area contributed by atoms with Crippen molar-refractivity contribution in [3.8, 4) is 5.75 Å². The second kappa shape index (κ2) is 23.2. The largest absolute Gasteiger partial charge is 0.508 e. The molecule has 0 radical (unpaired) electrons. The number of nitrogens with one attached hydrogen (secondary N) is 5. The van der Waals surface area contributed by atoms with Crippen molar-refractivity contribution in [2.45, 2.75) is 122 Å². The predicted molar refractivity (Wildman–Crippen MR) is 194 cm³/mol. The number of rotatable bonds is 24. The lowest BCUT2D eigenvalue weighted by molar-refractivity contribution is -0.135. The summed E-state index contributed by atoms with van der Waals surface area (Å²) in [5.41, 5.74) is 23.2. The average molecular weight is 720 g/mol. The van der Waals surface area contributed by atoms with Crippen molar-refractivity contribution in [1.82, 2.24) is 26.6 Å². The van der Waals surface area contributed by atoms with Gasteiger partial charge in [-0.25, -0.2) is 0 Å². The predicted octanol–water partition coefficient (Wildman–Crippen LogP) is -0.849. The Hall–Kier alpha value is -4.28. The van der Waals surface area contributed by atoms with Crippen molar-refractivity contribution in [2.75, 3.05) is 13.1 Å². The van der Waals surface area contributed by atoms with Crippen molar-refractivity contribution < 1.29 is 33.9 Å². The number of nitrogens with two attached hydrogens (primary N) is 4. The van der Waals surface area contributed by atoms with E-state index in [1.807, 2.05) is 13.8 Å². The molecule has 1 rings (SSSR count). The van der Waals surface area contributed by atoms with E-state index in [9.17, 15) is 33.9 Å². The van der Waals surface area contributed by atoms with Crippen LogP contribution in [0.5, 0.6) is 5.75 Å². The highest BCUT2D eigenvalue weighted by Gasteiger charge is 2.33. The summed E-state index contributed by atoms with van der Waals surface area (Å²) >= 11 is 0. The van der Waals surface area contributed by atoms with Crippen molar-refractivity contribution >= 4 is 35.4 Å². The van der Waals surface area contributed by atoms with Gasteiger partial charge < -0.3 is 54.6 Å². The average Bonchev–Trinajstić information content (AvgIpc) is 3.05. The Morgan fingerprint density at radius 3 is 1.51 bits per heavy atom. The van der Waals surface area contributed by atoms with Crippen LogP contribution >= 0.6 is 0 Å². The molecule has 0 aliphatic rings. The number of benzene rings is 1. The fourth-order valence-electron chi connectivity index (χ4n) is 5.22. The third-order valence-corrected chi connectivity index (χ3v) is 8.20. The Balaban J connectivity index is 3.37. The first-order valence-corrected chi connectivity index (χ1v) is 17.7. The quantitative estimate of drug-likeness (QED) is 0.0591. The van der Waals surface area contributed by atoms with Gasteiger partial charge in [0.1, 0.15) is 36.0 Å². The molecule has 0 unspecified atom stereocenters. The maximum absolute atomic E-state index is 13.9. The molecule has 0 aromatic heterocycles. The number of aromatic hydroxyl groups is 1. The van der Waals surface area contributed by atoms with Gasteiger partial charge in [0.25, 0.3) is 0 Å². The van der Waals surface area contributed by atoms with E-state index in [2.05, 4.69) is 26.6 Å². The van der Waals surface area contributed by atoms with Gasteiger partial charge in [0.15, 0.2) is 0 Å². The fourth-order valence-corrected chi connectivity index (χ4v) is 5.22. The van der Waals surface area contributed by atoms with E-state index in [0.29, 0.717) is 44.3 Å². The molecular weight excluding hydrogens is 658 g/mol. The van der Waals surface area contributed by atoms with Gasteiger partial charge in [-0.15, -0.1) is 0 Å². The number of amides is 6. The number of phenolic OH excluding ortho intramolecular Hbond substituents is 1. The molecule has 0 saturated carbocycles. The standard InChI is InChI=1S/C35H61N9O7/c1-20(2)18-27(30(39)46)42-34(50)28(19-23-12-14-24(45)15-13-23)43-33(49)25(10-6-8-16-36)40-32(48)26(11-7-9-17-37)41-35(51)29(21(3)4)44-31(47)22(5)38/h12-15,20-22,25-29,45H,6-11,16-19,36-38H2,1-5H3,(H2,39,46)(H,40,48)(H,41,51)(H,42,50)(H,43,49)(H,44,47)/t22-,25-,26-,27-,28-,29-/m0/s1. The molecule has 0 aliphatic carbocycles. The van der Waals surface area contributed by atoms with E-state index >= 15 is 0 Å². The monoisotopic (exact) mass is 719 g/mol. The first-order chi connectivity index (χ1) is 24.0. The second-order valence-electron chi connectivity index (χ2n) is 13.7. The van der Waals surface area contributed by atoms with Gasteiger partial charge in [-0.05, 0) is 94.5 Å². The molecule has 0 saturated heterocycles. The van der Waals surface area contributed by atoms with Gasteiger partial charge >= 0.3 is 0 Å². The van der Waals surface area contributed by atoms with E-state index in [-0.39, 0.29) is 43.3 Å². The zero-order valence-electron chi connectivity index (χ0n) is 30.7. The van der Waals surface area contributed by atoms with E-state index in [4.69, 9.17) is 22.9 Å². The molecule has 6 amide bonds. The lowest BCUT2D eigenvalue weighted by Crippen LogP contribution is -2.60. The summed E-state index contributed by atoms with van der Waals surface area (Å²) in [6, 6.07) is -0.138. The minimum atomic E-state index is -1.19. The third-order valence-electron chi connectivity index (χ3n) is 8.20. The summed E-state index contributed by atoms with van der Waals surface area (Å²) < 4.78 is 0. The van der Waals surface area contributed by atoms with Crippen LogP contribution in [0.15, 0.2) is 24.3 Å². The minimum absolute atomic E-state index is 0.00399. The molecule has 0 spiro atoms. The molecule has 0 fully saturated rings. The van der Waals surface area contributed by atoms with Gasteiger partial charge in [0.05, 0.1) is 6.04 Å². The molecule has 16 heteroatoms. The zero-order valence-corrected chi connectivity index (χ0v) is 30.7. The first kappa shape index (κ1) is 44.7. The Labute approximate surface area is 301 Å². The lowest BCUT2D eigenvalue weighted by atomic mass is 10.00. The van der Waals surface area contributed by atoms with Gasteiger partial charge in [-0.1, -0.05) is 39.8 Å². The Morgan fingerprint density at radius 1 is 0.627 bits per heavy atom. The Bertz CT molecular complexity index is 1270. The number of phenols is 1. The lowest BCUT2D eigenvalue weighted by Gasteiger charge is -2.28. The Kier molecular flexibility index (Phi) is 20.4. The number of hydrogen-bond acceptors (Lipinski definition) is 10. The van der Waals surface area contributed by atoms with Crippen LogP contribution in [-0.2, 0) is 35.2 Å². The van der Waals surface area contributed by atoms with Crippen molar-refractivity contribution in [1.29, 1.82) is 0 Å². The number of primary amides is 1. The molecule has 51 heavy (non-hydrogen) atoms. The summed E-state index contributed by atoms with van der Waals surface area (Å²) in [7, 11) is 0. The van der Waals surface area contributed by atoms with Crippen LogP contribution in [0.25, 0.3) is 0 Å². The molecule has 1 aromatic rings. The van der Waals surface area contributed by atoms with Gasteiger partial charge in [-0.3, -0.25) is 28.8 Å². The fraction of sp³-hybridized carbons (Fsp3) is 0.657. The van der Waals surface area contributed by atoms with Crippen LogP contribution in [0.2, 0.25) is 0 Å².